The van der Waals surface area contributed by atoms with Crippen LogP contribution in [0.2, 0.25) is 0 Å². The summed E-state index contributed by atoms with van der Waals surface area (Å²) in [5.74, 6) is 0. The van der Waals surface area contributed by atoms with E-state index < -0.39 is 6.29 Å². The molecule has 1 spiro atoms. The van der Waals surface area contributed by atoms with Crippen LogP contribution in [0, 0.1) is 5.41 Å². The Morgan fingerprint density at radius 3 is 2.75 bits per heavy atom. The fourth-order valence-electron chi connectivity index (χ4n) is 1.81. The molecule has 1 saturated heterocycles. The van der Waals surface area contributed by atoms with Crippen LogP contribution >= 0.6 is 0 Å². The quantitative estimate of drug-likeness (QED) is 0.602. The first-order valence-electron chi connectivity index (χ1n) is 4.82. The van der Waals surface area contributed by atoms with E-state index in [-0.39, 0.29) is 0 Å². The largest absolute Gasteiger partial charge is 0.264 e. The molecule has 12 heavy (non-hydrogen) atoms. The molecule has 0 aromatic rings. The van der Waals surface area contributed by atoms with E-state index in [9.17, 15) is 5.11 Å². The minimum Gasteiger partial charge on any atom is -0.264 e. The van der Waals surface area contributed by atoms with Gasteiger partial charge in [0, 0.05) is 19.5 Å². The Kier molecular flexibility index (Phi) is 2.10. The predicted molar refractivity (Wildman–Crippen MR) is 43.7 cm³/mol. The Balaban J connectivity index is 1.76. The van der Waals surface area contributed by atoms with Crippen LogP contribution in [0.4, 0.5) is 0 Å². The van der Waals surface area contributed by atoms with Gasteiger partial charge in [-0.05, 0) is 24.7 Å². The van der Waals surface area contributed by atoms with Gasteiger partial charge in [0.05, 0.1) is 0 Å². The summed E-state index contributed by atoms with van der Waals surface area (Å²) >= 11 is 0. The van der Waals surface area contributed by atoms with E-state index in [4.69, 9.17) is 4.84 Å². The van der Waals surface area contributed by atoms with Crippen LogP contribution in [0.25, 0.3) is 0 Å². The van der Waals surface area contributed by atoms with Crippen molar-refractivity contribution in [1.29, 1.82) is 0 Å². The molecule has 0 aromatic carbocycles. The first-order valence-corrected chi connectivity index (χ1v) is 4.82. The first-order chi connectivity index (χ1) is 5.74. The molecule has 1 unspecified atom stereocenters. The van der Waals surface area contributed by atoms with Gasteiger partial charge in [0.15, 0.2) is 0 Å². The van der Waals surface area contributed by atoms with Crippen molar-refractivity contribution in [2.45, 2.75) is 38.9 Å². The van der Waals surface area contributed by atoms with Gasteiger partial charge in [-0.2, -0.15) is 10.2 Å². The van der Waals surface area contributed by atoms with Crippen molar-refractivity contribution in [3.8, 4) is 0 Å². The molecule has 1 aliphatic heterocycles. The molecule has 3 nitrogen and oxygen atoms in total. The van der Waals surface area contributed by atoms with E-state index in [0.717, 1.165) is 13.1 Å². The van der Waals surface area contributed by atoms with E-state index in [1.54, 1.807) is 0 Å². The van der Waals surface area contributed by atoms with Crippen molar-refractivity contribution in [2.75, 3.05) is 13.1 Å². The van der Waals surface area contributed by atoms with E-state index in [1.807, 2.05) is 12.0 Å². The van der Waals surface area contributed by atoms with Gasteiger partial charge >= 0.3 is 0 Å². The summed E-state index contributed by atoms with van der Waals surface area (Å²) in [6.07, 6.45) is 3.61. The maximum absolute atomic E-state index is 11.0. The summed E-state index contributed by atoms with van der Waals surface area (Å²) in [7, 11) is 0. The highest BCUT2D eigenvalue weighted by Crippen LogP contribution is 2.52. The zero-order valence-electron chi connectivity index (χ0n) is 7.58. The normalized spacial score (nSPS) is 29.5. The Bertz CT molecular complexity index is 168. The lowest BCUT2D eigenvalue weighted by Crippen LogP contribution is -2.27. The Hall–Kier alpha value is -0.120. The van der Waals surface area contributed by atoms with Gasteiger partial charge in [-0.15, -0.1) is 0 Å². The van der Waals surface area contributed by atoms with E-state index in [1.165, 1.54) is 19.3 Å². The summed E-state index contributed by atoms with van der Waals surface area (Å²) in [6.45, 7) is 3.81. The van der Waals surface area contributed by atoms with E-state index in [0.29, 0.717) is 11.8 Å². The molecule has 1 aliphatic carbocycles. The molecule has 1 heterocycles. The molecular formula is C9H16NO2. The lowest BCUT2D eigenvalue weighted by molar-refractivity contribution is -0.277. The average molecular weight is 170 g/mol. The lowest BCUT2D eigenvalue weighted by atomic mass is 10.1. The van der Waals surface area contributed by atoms with Crippen molar-refractivity contribution in [2.24, 2.45) is 5.41 Å². The minimum atomic E-state index is -0.848. The molecule has 1 atom stereocenters. The number of nitrogens with zero attached hydrogens (tertiary/aromatic N) is 1. The summed E-state index contributed by atoms with van der Waals surface area (Å²) in [5.41, 5.74) is 0.563. The van der Waals surface area contributed by atoms with Gasteiger partial charge in [0.1, 0.15) is 0 Å². The lowest BCUT2D eigenvalue weighted by Gasteiger charge is -2.17. The first kappa shape index (κ1) is 8.48. The van der Waals surface area contributed by atoms with Gasteiger partial charge in [0.25, 0.3) is 0 Å². The molecule has 69 valence electrons. The number of hydrogen-bond acceptors (Lipinski definition) is 2. The molecule has 0 aromatic heterocycles. The molecule has 2 fully saturated rings. The summed E-state index contributed by atoms with van der Waals surface area (Å²) in [6, 6.07) is 0. The standard InChI is InChI=1S/C9H16NO2/c1-2-8(11)12-10-6-5-9(7-10)3-4-9/h8H,2-7H2,1H3. The topological polar surface area (TPSA) is 32.4 Å². The van der Waals surface area contributed by atoms with Crippen LogP contribution in [0.1, 0.15) is 32.6 Å². The monoisotopic (exact) mass is 170 g/mol. The SMILES string of the molecule is CCC([O])ON1CCC2(CC2)C1. The zero-order valence-corrected chi connectivity index (χ0v) is 7.58. The number of hydrogen-bond donors (Lipinski definition) is 0. The fraction of sp³-hybridized carbons (Fsp3) is 1.00. The molecule has 2 rings (SSSR count). The van der Waals surface area contributed by atoms with Crippen LogP contribution in [-0.4, -0.2) is 24.4 Å². The summed E-state index contributed by atoms with van der Waals surface area (Å²) < 4.78 is 0. The second-order valence-electron chi connectivity index (χ2n) is 4.06. The van der Waals surface area contributed by atoms with E-state index in [2.05, 4.69) is 0 Å². The summed E-state index contributed by atoms with van der Waals surface area (Å²) in [4.78, 5) is 5.21. The Morgan fingerprint density at radius 1 is 1.50 bits per heavy atom. The number of hydroxylamine groups is 2. The second-order valence-corrected chi connectivity index (χ2v) is 4.06. The molecule has 3 heteroatoms. The van der Waals surface area contributed by atoms with Crippen LogP contribution < -0.4 is 0 Å². The van der Waals surface area contributed by atoms with Gasteiger partial charge in [-0.25, -0.2) is 0 Å². The molecule has 1 radical (unpaired) electrons. The number of rotatable bonds is 3. The third-order valence-corrected chi connectivity index (χ3v) is 2.96. The van der Waals surface area contributed by atoms with Crippen LogP contribution in [0.5, 0.6) is 0 Å². The van der Waals surface area contributed by atoms with Crippen molar-refractivity contribution < 1.29 is 9.94 Å². The smallest absolute Gasteiger partial charge is 0.210 e. The van der Waals surface area contributed by atoms with Crippen molar-refractivity contribution >= 4 is 0 Å². The average Bonchev–Trinajstić information content (AvgIpc) is 2.68. The second kappa shape index (κ2) is 2.98. The fourth-order valence-corrected chi connectivity index (χ4v) is 1.81. The Morgan fingerprint density at radius 2 is 2.25 bits per heavy atom. The highest BCUT2D eigenvalue weighted by atomic mass is 16.8. The molecule has 0 amide bonds. The molecule has 2 aliphatic rings. The zero-order chi connectivity index (χ0) is 8.60. The minimum absolute atomic E-state index is 0.559. The maximum Gasteiger partial charge on any atom is 0.210 e. The van der Waals surface area contributed by atoms with Crippen molar-refractivity contribution in [1.82, 2.24) is 5.06 Å². The van der Waals surface area contributed by atoms with E-state index >= 15 is 0 Å². The van der Waals surface area contributed by atoms with Crippen molar-refractivity contribution in [3.05, 3.63) is 0 Å². The van der Waals surface area contributed by atoms with Gasteiger partial charge in [-0.1, -0.05) is 6.92 Å². The van der Waals surface area contributed by atoms with Crippen molar-refractivity contribution in [3.63, 3.8) is 0 Å². The van der Waals surface area contributed by atoms with Crippen LogP contribution in [0.15, 0.2) is 0 Å². The molecule has 0 N–H and O–H groups in total. The summed E-state index contributed by atoms with van der Waals surface area (Å²) in [5, 5.41) is 12.9. The molecule has 0 bridgehead atoms. The van der Waals surface area contributed by atoms with Crippen LogP contribution in [0.3, 0.4) is 0 Å². The molecular weight excluding hydrogens is 154 g/mol. The van der Waals surface area contributed by atoms with Gasteiger partial charge in [0.2, 0.25) is 6.29 Å². The van der Waals surface area contributed by atoms with Gasteiger partial charge in [-0.3, -0.25) is 4.84 Å². The maximum atomic E-state index is 11.0. The third kappa shape index (κ3) is 1.63. The third-order valence-electron chi connectivity index (χ3n) is 2.96. The Labute approximate surface area is 73.3 Å². The highest BCUT2D eigenvalue weighted by molar-refractivity contribution is 4.98. The molecule has 1 saturated carbocycles. The van der Waals surface area contributed by atoms with Crippen LogP contribution in [-0.2, 0) is 9.94 Å². The van der Waals surface area contributed by atoms with Gasteiger partial charge < -0.3 is 0 Å². The predicted octanol–water partition coefficient (Wildman–Crippen LogP) is 1.57. The highest BCUT2D eigenvalue weighted by Gasteiger charge is 2.48.